The molecule has 0 radical (unpaired) electrons. The van der Waals surface area contributed by atoms with E-state index in [1.165, 1.54) is 77.9 Å². The van der Waals surface area contributed by atoms with Crippen molar-refractivity contribution in [2.24, 2.45) is 0 Å². The van der Waals surface area contributed by atoms with Gasteiger partial charge in [0.05, 0.1) is 5.69 Å². The monoisotopic (exact) mass is 818 g/mol. The van der Waals surface area contributed by atoms with Crippen LogP contribution in [0.5, 0.6) is 0 Å². The third-order valence-electron chi connectivity index (χ3n) is 13.1. The second kappa shape index (κ2) is 15.2. The lowest BCUT2D eigenvalue weighted by Crippen LogP contribution is -2.41. The van der Waals surface area contributed by atoms with E-state index in [0.717, 1.165) is 51.8 Å². The van der Waals surface area contributed by atoms with Crippen molar-refractivity contribution in [1.82, 2.24) is 0 Å². The summed E-state index contributed by atoms with van der Waals surface area (Å²) in [5.74, 6) is 0. The summed E-state index contributed by atoms with van der Waals surface area (Å²) in [5, 5.41) is 6.12. The molecule has 0 aliphatic carbocycles. The number of fused-ring (bicyclic) bond motifs is 5. The Labute approximate surface area is 373 Å². The van der Waals surface area contributed by atoms with E-state index in [-0.39, 0.29) is 10.8 Å². The molecule has 1 aromatic heterocycles. The Morgan fingerprint density at radius 1 is 0.492 bits per heavy atom. The molecule has 1 aliphatic rings. The Morgan fingerprint density at radius 3 is 1.89 bits per heavy atom. The van der Waals surface area contributed by atoms with Gasteiger partial charge in [0.15, 0.2) is 7.28 Å². The van der Waals surface area contributed by atoms with Crippen LogP contribution in [0, 0.1) is 20.8 Å². The van der Waals surface area contributed by atoms with Gasteiger partial charge >= 0.3 is 0 Å². The van der Waals surface area contributed by atoms with E-state index in [2.05, 4.69) is 230 Å². The number of benzene rings is 8. The predicted octanol–water partition coefficient (Wildman–Crippen LogP) is 15.0. The van der Waals surface area contributed by atoms with Crippen molar-refractivity contribution in [3.63, 3.8) is 0 Å². The van der Waals surface area contributed by atoms with E-state index in [0.29, 0.717) is 0 Å². The quantitative estimate of drug-likeness (QED) is 0.169. The molecule has 10 rings (SSSR count). The second-order valence-electron chi connectivity index (χ2n) is 19.7. The van der Waals surface area contributed by atoms with Gasteiger partial charge in [0.2, 0.25) is 0 Å². The van der Waals surface area contributed by atoms with Gasteiger partial charge in [0.1, 0.15) is 11.2 Å². The largest absolute Gasteiger partial charge is 0.456 e. The molecule has 9 aromatic rings. The molecular weight excluding hydrogens is 763 g/mol. The lowest BCUT2D eigenvalue weighted by Gasteiger charge is -2.37. The standard InChI is InChI=1S/C59H55BN2O/c1-36-29-37(2)56(38(3)30-36)40-31-48(44-19-13-15-21-50(44)61-43-26-23-41(24-27-43)58(4,5)6)57-53(32-40)62(51-28-25-42(59(7,8)9)33-46(51)39-17-11-10-12-18-39)52-34-47-45-20-14-16-22-54(45)63-55(47)35-49(52)60-57/h10-35,60-61H,1-9H3. The molecule has 4 heteroatoms. The van der Waals surface area contributed by atoms with Crippen LogP contribution in [0.2, 0.25) is 0 Å². The average Bonchev–Trinajstić information content (AvgIpc) is 3.61. The molecule has 0 fully saturated rings. The van der Waals surface area contributed by atoms with Gasteiger partial charge in [-0.3, -0.25) is 0 Å². The lowest BCUT2D eigenvalue weighted by molar-refractivity contribution is 0.590. The summed E-state index contributed by atoms with van der Waals surface area (Å²) in [6.45, 7) is 20.4. The summed E-state index contributed by atoms with van der Waals surface area (Å²) < 4.78 is 6.61. The zero-order chi connectivity index (χ0) is 43.8. The predicted molar refractivity (Wildman–Crippen MR) is 272 cm³/mol. The first-order chi connectivity index (χ1) is 30.2. The number of para-hydroxylation sites is 2. The molecule has 1 N–H and O–H groups in total. The molecule has 0 amide bonds. The number of nitrogens with one attached hydrogen (secondary N) is 1. The number of aryl methyl sites for hydroxylation is 3. The SMILES string of the molecule is Cc1cc(C)c(-c2cc(-c3ccccc3Nc3ccc(C(C)(C)C)cc3)c3c(c2)N(c2ccc(C(C)(C)C)cc2-c2ccccc2)c2cc4c(cc2B3)oc2ccccc24)c(C)c1. The summed E-state index contributed by atoms with van der Waals surface area (Å²) in [7, 11) is 0.741. The lowest BCUT2D eigenvalue weighted by atomic mass is 9.57. The maximum atomic E-state index is 6.61. The molecule has 0 spiro atoms. The van der Waals surface area contributed by atoms with E-state index >= 15 is 0 Å². The van der Waals surface area contributed by atoms with Gasteiger partial charge in [-0.25, -0.2) is 0 Å². The van der Waals surface area contributed by atoms with E-state index in [1.54, 1.807) is 0 Å². The van der Waals surface area contributed by atoms with Crippen LogP contribution >= 0.6 is 0 Å². The highest BCUT2D eigenvalue weighted by atomic mass is 16.3. The van der Waals surface area contributed by atoms with E-state index in [1.807, 2.05) is 0 Å². The van der Waals surface area contributed by atoms with Crippen molar-refractivity contribution in [3.05, 3.63) is 186 Å². The fourth-order valence-electron chi connectivity index (χ4n) is 9.88. The highest BCUT2D eigenvalue weighted by molar-refractivity contribution is 6.73. The first kappa shape index (κ1) is 40.3. The summed E-state index contributed by atoms with van der Waals surface area (Å²) in [6, 6.07) is 58.5. The average molecular weight is 819 g/mol. The van der Waals surface area contributed by atoms with Gasteiger partial charge in [-0.15, -0.1) is 0 Å². The second-order valence-corrected chi connectivity index (χ2v) is 19.7. The molecule has 8 aromatic carbocycles. The summed E-state index contributed by atoms with van der Waals surface area (Å²) in [4.78, 5) is 2.57. The molecule has 310 valence electrons. The fraction of sp³-hybridized carbons (Fsp3) is 0.186. The third-order valence-corrected chi connectivity index (χ3v) is 13.1. The Balaban J connectivity index is 1.28. The van der Waals surface area contributed by atoms with Gasteiger partial charge in [0, 0.05) is 44.6 Å². The van der Waals surface area contributed by atoms with E-state index in [4.69, 9.17) is 4.42 Å². The minimum absolute atomic E-state index is 0.0355. The Hall–Kier alpha value is -6.78. The van der Waals surface area contributed by atoms with Crippen LogP contribution in [0.25, 0.3) is 55.3 Å². The van der Waals surface area contributed by atoms with Crippen LogP contribution in [-0.2, 0) is 10.8 Å². The van der Waals surface area contributed by atoms with Crippen LogP contribution in [0.15, 0.2) is 162 Å². The normalized spacial score (nSPS) is 12.6. The molecule has 3 nitrogen and oxygen atoms in total. The first-order valence-corrected chi connectivity index (χ1v) is 22.4. The molecule has 2 heterocycles. The number of nitrogens with zero attached hydrogens (tertiary/aromatic N) is 1. The Kier molecular flexibility index (Phi) is 9.75. The van der Waals surface area contributed by atoms with Crippen LogP contribution in [0.3, 0.4) is 0 Å². The third kappa shape index (κ3) is 7.32. The highest BCUT2D eigenvalue weighted by Crippen LogP contribution is 2.47. The van der Waals surface area contributed by atoms with Crippen LogP contribution in [-0.4, -0.2) is 7.28 Å². The van der Waals surface area contributed by atoms with Crippen LogP contribution in [0.4, 0.5) is 28.4 Å². The van der Waals surface area contributed by atoms with Crippen LogP contribution < -0.4 is 21.1 Å². The minimum Gasteiger partial charge on any atom is -0.456 e. The topological polar surface area (TPSA) is 28.4 Å². The molecule has 0 bridgehead atoms. The maximum Gasteiger partial charge on any atom is 0.198 e. The molecule has 1 aliphatic heterocycles. The van der Waals surface area contributed by atoms with E-state index < -0.39 is 0 Å². The molecule has 0 atom stereocenters. The van der Waals surface area contributed by atoms with Crippen LogP contribution in [0.1, 0.15) is 69.4 Å². The van der Waals surface area contributed by atoms with Crippen molar-refractivity contribution in [2.75, 3.05) is 10.2 Å². The minimum atomic E-state index is -0.0355. The fourth-order valence-corrected chi connectivity index (χ4v) is 9.88. The summed E-state index contributed by atoms with van der Waals surface area (Å²) >= 11 is 0. The van der Waals surface area contributed by atoms with Gasteiger partial charge in [-0.1, -0.05) is 150 Å². The van der Waals surface area contributed by atoms with Crippen molar-refractivity contribution in [2.45, 2.75) is 73.1 Å². The van der Waals surface area contributed by atoms with Gasteiger partial charge < -0.3 is 14.6 Å². The zero-order valence-corrected chi connectivity index (χ0v) is 38.1. The van der Waals surface area contributed by atoms with Crippen molar-refractivity contribution < 1.29 is 4.42 Å². The zero-order valence-electron chi connectivity index (χ0n) is 38.1. The Bertz CT molecular complexity index is 3190. The smallest absolute Gasteiger partial charge is 0.198 e. The van der Waals surface area contributed by atoms with Gasteiger partial charge in [-0.05, 0) is 142 Å². The van der Waals surface area contributed by atoms with Crippen molar-refractivity contribution in [3.8, 4) is 33.4 Å². The first-order valence-electron chi connectivity index (χ1n) is 22.4. The number of anilines is 5. The molecule has 0 saturated carbocycles. The highest BCUT2D eigenvalue weighted by Gasteiger charge is 2.32. The summed E-state index contributed by atoms with van der Waals surface area (Å²) in [5.41, 5.74) is 23.7. The number of hydrogen-bond acceptors (Lipinski definition) is 3. The van der Waals surface area contributed by atoms with Crippen molar-refractivity contribution >= 4 is 68.6 Å². The summed E-state index contributed by atoms with van der Waals surface area (Å²) in [6.07, 6.45) is 0. The molecule has 0 unspecified atom stereocenters. The van der Waals surface area contributed by atoms with Gasteiger partial charge in [-0.2, -0.15) is 0 Å². The van der Waals surface area contributed by atoms with E-state index in [9.17, 15) is 0 Å². The van der Waals surface area contributed by atoms with Gasteiger partial charge in [0.25, 0.3) is 0 Å². The number of hydrogen-bond donors (Lipinski definition) is 1. The van der Waals surface area contributed by atoms with Crippen molar-refractivity contribution in [1.29, 1.82) is 0 Å². The molecule has 0 saturated heterocycles. The molecule has 63 heavy (non-hydrogen) atoms. The molecular formula is C59H55BN2O. The number of rotatable bonds is 6. The Morgan fingerprint density at radius 2 is 1.16 bits per heavy atom. The number of furan rings is 1. The maximum absolute atomic E-state index is 6.61.